The van der Waals surface area contributed by atoms with Crippen LogP contribution < -0.4 is 4.74 Å². The molecule has 0 radical (unpaired) electrons. The molecule has 0 fully saturated rings. The zero-order chi connectivity index (χ0) is 25.9. The molecule has 0 bridgehead atoms. The summed E-state index contributed by atoms with van der Waals surface area (Å²) in [5.74, 6) is 1.21. The van der Waals surface area contributed by atoms with E-state index >= 15 is 0 Å². The number of aromatic nitrogens is 3. The molecule has 7 nitrogen and oxygen atoms in total. The molecule has 0 saturated carbocycles. The molecule has 0 spiro atoms. The molecule has 0 aliphatic carbocycles. The first-order valence-corrected chi connectivity index (χ1v) is 12.5. The van der Waals surface area contributed by atoms with Crippen molar-refractivity contribution in [1.82, 2.24) is 14.8 Å². The molecule has 0 unspecified atom stereocenters. The lowest BCUT2D eigenvalue weighted by molar-refractivity contribution is -0.143. The van der Waals surface area contributed by atoms with E-state index in [1.807, 2.05) is 36.4 Å². The summed E-state index contributed by atoms with van der Waals surface area (Å²) in [5.41, 5.74) is 4.86. The van der Waals surface area contributed by atoms with Gasteiger partial charge in [0.15, 0.2) is 0 Å². The number of para-hydroxylation sites is 2. The molecule has 6 rings (SSSR count). The molecule has 0 amide bonds. The summed E-state index contributed by atoms with van der Waals surface area (Å²) in [5, 5.41) is 11.0. The predicted molar refractivity (Wildman–Crippen MR) is 146 cm³/mol. The molecule has 0 saturated heterocycles. The summed E-state index contributed by atoms with van der Waals surface area (Å²) in [4.78, 5) is 11.3. The second-order valence-electron chi connectivity index (χ2n) is 8.78. The van der Waals surface area contributed by atoms with E-state index in [1.54, 1.807) is 6.92 Å². The molecular weight excluding hydrogens is 478 g/mol. The number of carbonyl (C=O) groups is 1. The van der Waals surface area contributed by atoms with Crippen molar-refractivity contribution >= 4 is 27.8 Å². The van der Waals surface area contributed by atoms with E-state index in [-0.39, 0.29) is 19.2 Å². The molecule has 38 heavy (non-hydrogen) atoms. The highest BCUT2D eigenvalue weighted by Crippen LogP contribution is 2.33. The van der Waals surface area contributed by atoms with Crippen LogP contribution in [0.4, 0.5) is 0 Å². The van der Waals surface area contributed by atoms with E-state index in [9.17, 15) is 4.79 Å². The van der Waals surface area contributed by atoms with Gasteiger partial charge < -0.3 is 18.5 Å². The molecule has 6 aromatic rings. The van der Waals surface area contributed by atoms with Gasteiger partial charge in [0.05, 0.1) is 11.0 Å². The zero-order valence-electron chi connectivity index (χ0n) is 20.8. The summed E-state index contributed by atoms with van der Waals surface area (Å²) in [7, 11) is 0. The first-order chi connectivity index (χ1) is 18.7. The Hall–Kier alpha value is -4.91. The Labute approximate surface area is 219 Å². The molecule has 188 valence electrons. The first kappa shape index (κ1) is 23.5. The number of nitrogens with zero attached hydrogens (tertiary/aromatic N) is 3. The number of ether oxygens (including phenoxy) is 2. The van der Waals surface area contributed by atoms with E-state index in [2.05, 4.69) is 75.4 Å². The molecule has 0 N–H and O–H groups in total. The molecule has 2 aromatic heterocycles. The van der Waals surface area contributed by atoms with Crippen LogP contribution in [0.15, 0.2) is 101 Å². The minimum Gasteiger partial charge on any atom is -0.490 e. The van der Waals surface area contributed by atoms with Crippen LogP contribution in [0.1, 0.15) is 13.3 Å². The lowest BCUT2D eigenvalue weighted by Crippen LogP contribution is -2.11. The normalized spacial score (nSPS) is 11.2. The largest absolute Gasteiger partial charge is 0.490 e. The maximum absolute atomic E-state index is 11.3. The average Bonchev–Trinajstić information content (AvgIpc) is 3.59. The van der Waals surface area contributed by atoms with E-state index < -0.39 is 0 Å². The smallest absolute Gasteiger partial charge is 0.305 e. The van der Waals surface area contributed by atoms with Gasteiger partial charge >= 0.3 is 5.97 Å². The van der Waals surface area contributed by atoms with Gasteiger partial charge in [-0.1, -0.05) is 55.5 Å². The lowest BCUT2D eigenvalue weighted by atomic mass is 10.2. The van der Waals surface area contributed by atoms with Crippen LogP contribution in [0, 0.1) is 0 Å². The summed E-state index contributed by atoms with van der Waals surface area (Å²) in [6.07, 6.45) is 0.344. The number of esters is 1. The number of hydrogen-bond donors (Lipinski definition) is 0. The van der Waals surface area contributed by atoms with Gasteiger partial charge in [0.25, 0.3) is 0 Å². The SMILES string of the molecule is CCC(=O)OCCOc1cccc(-c2nnc(-c3cccc(-n4c5ccccc5c5ccccc54)c3)o2)c1. The van der Waals surface area contributed by atoms with Crippen LogP contribution in [-0.4, -0.2) is 33.9 Å². The van der Waals surface area contributed by atoms with Crippen molar-refractivity contribution in [2.45, 2.75) is 13.3 Å². The van der Waals surface area contributed by atoms with Crippen LogP contribution in [0.5, 0.6) is 5.75 Å². The monoisotopic (exact) mass is 503 g/mol. The minimum atomic E-state index is -0.247. The zero-order valence-corrected chi connectivity index (χ0v) is 20.8. The Morgan fingerprint density at radius 3 is 2.08 bits per heavy atom. The fourth-order valence-corrected chi connectivity index (χ4v) is 4.57. The van der Waals surface area contributed by atoms with Crippen molar-refractivity contribution < 1.29 is 18.7 Å². The summed E-state index contributed by atoms with van der Waals surface area (Å²) < 4.78 is 19.1. The van der Waals surface area contributed by atoms with Crippen LogP contribution in [-0.2, 0) is 9.53 Å². The number of benzene rings is 4. The number of rotatable bonds is 8. The van der Waals surface area contributed by atoms with Gasteiger partial charge in [0.2, 0.25) is 11.8 Å². The molecule has 7 heteroatoms. The number of carbonyl (C=O) groups excluding carboxylic acids is 1. The van der Waals surface area contributed by atoms with Crippen molar-refractivity contribution in [2.24, 2.45) is 0 Å². The van der Waals surface area contributed by atoms with Crippen molar-refractivity contribution in [3.63, 3.8) is 0 Å². The van der Waals surface area contributed by atoms with Gasteiger partial charge in [-0.15, -0.1) is 10.2 Å². The molecular formula is C31H25N3O4. The summed E-state index contributed by atoms with van der Waals surface area (Å²) >= 11 is 0. The van der Waals surface area contributed by atoms with Crippen LogP contribution >= 0.6 is 0 Å². The molecule has 0 atom stereocenters. The highest BCUT2D eigenvalue weighted by atomic mass is 16.6. The van der Waals surface area contributed by atoms with Gasteiger partial charge in [-0.3, -0.25) is 4.79 Å². The maximum atomic E-state index is 11.3. The van der Waals surface area contributed by atoms with Gasteiger partial charge in [-0.05, 0) is 48.5 Å². The predicted octanol–water partition coefficient (Wildman–Crippen LogP) is 6.83. The van der Waals surface area contributed by atoms with E-state index in [4.69, 9.17) is 13.9 Å². The first-order valence-electron chi connectivity index (χ1n) is 12.5. The van der Waals surface area contributed by atoms with E-state index in [0.29, 0.717) is 24.0 Å². The van der Waals surface area contributed by atoms with Gasteiger partial charge in [-0.25, -0.2) is 0 Å². The van der Waals surface area contributed by atoms with Crippen molar-refractivity contribution in [1.29, 1.82) is 0 Å². The van der Waals surface area contributed by atoms with Crippen molar-refractivity contribution in [3.05, 3.63) is 97.1 Å². The maximum Gasteiger partial charge on any atom is 0.305 e. The fraction of sp³-hybridized carbons (Fsp3) is 0.129. The number of fused-ring (bicyclic) bond motifs is 3. The van der Waals surface area contributed by atoms with Crippen LogP contribution in [0.3, 0.4) is 0 Å². The van der Waals surface area contributed by atoms with Crippen LogP contribution in [0.2, 0.25) is 0 Å². The highest BCUT2D eigenvalue weighted by Gasteiger charge is 2.15. The minimum absolute atomic E-state index is 0.198. The Morgan fingerprint density at radius 1 is 0.763 bits per heavy atom. The second-order valence-corrected chi connectivity index (χ2v) is 8.78. The third-order valence-corrected chi connectivity index (χ3v) is 6.34. The van der Waals surface area contributed by atoms with Crippen molar-refractivity contribution in [2.75, 3.05) is 13.2 Å². The van der Waals surface area contributed by atoms with E-state index in [1.165, 1.54) is 10.8 Å². The standard InChI is InChI=1S/C31H25N3O4/c1-2-29(35)37-18-17-36-24-12-8-10-22(20-24)31-33-32-30(38-31)21-9-7-11-23(19-21)34-27-15-5-3-13-25(27)26-14-4-6-16-28(26)34/h3-16,19-20H,2,17-18H2,1H3. The molecule has 0 aliphatic rings. The molecule has 0 aliphatic heterocycles. The summed E-state index contributed by atoms with van der Waals surface area (Å²) in [6.45, 7) is 2.22. The second kappa shape index (κ2) is 10.2. The highest BCUT2D eigenvalue weighted by molar-refractivity contribution is 6.09. The Morgan fingerprint density at radius 2 is 1.39 bits per heavy atom. The van der Waals surface area contributed by atoms with E-state index in [0.717, 1.165) is 27.8 Å². The Kier molecular flexibility index (Phi) is 6.32. The third-order valence-electron chi connectivity index (χ3n) is 6.34. The quantitative estimate of drug-likeness (QED) is 0.167. The van der Waals surface area contributed by atoms with Crippen molar-refractivity contribution in [3.8, 4) is 34.3 Å². The third kappa shape index (κ3) is 4.50. The number of hydrogen-bond acceptors (Lipinski definition) is 6. The van der Waals surface area contributed by atoms with Gasteiger partial charge in [-0.2, -0.15) is 0 Å². The van der Waals surface area contributed by atoms with Crippen LogP contribution in [0.25, 0.3) is 50.4 Å². The lowest BCUT2D eigenvalue weighted by Gasteiger charge is -2.09. The summed E-state index contributed by atoms with van der Waals surface area (Å²) in [6, 6.07) is 32.3. The van der Waals surface area contributed by atoms with Gasteiger partial charge in [0, 0.05) is 34.0 Å². The Balaban J connectivity index is 1.28. The fourth-order valence-electron chi connectivity index (χ4n) is 4.57. The topological polar surface area (TPSA) is 79.4 Å². The van der Waals surface area contributed by atoms with Gasteiger partial charge in [0.1, 0.15) is 19.0 Å². The Bertz CT molecular complexity index is 1700. The molecule has 4 aromatic carbocycles. The average molecular weight is 504 g/mol. The molecule has 2 heterocycles.